The monoisotopic (exact) mass is 804 g/mol. The Morgan fingerprint density at radius 3 is 1.62 bits per heavy atom. The molecule has 0 bridgehead atoms. The fraction of sp³-hybridized carbons (Fsp3) is 0. The van der Waals surface area contributed by atoms with E-state index in [1.54, 1.807) is 0 Å². The number of furan rings is 1. The van der Waals surface area contributed by atoms with Gasteiger partial charge in [-0.3, -0.25) is 0 Å². The van der Waals surface area contributed by atoms with Crippen molar-refractivity contribution in [1.29, 1.82) is 0 Å². The third-order valence-electron chi connectivity index (χ3n) is 12.4. The van der Waals surface area contributed by atoms with E-state index in [1.807, 2.05) is 6.07 Å². The Balaban J connectivity index is 1.09. The number of aromatic nitrogens is 1. The SMILES string of the molecule is c1ccc(-c2ccc(N(c3ccc(-c4ccccc4)c(-c4ccccc4)c3)c3ccc4c5ccccc5n(-c5ccccc5-c5cccc6c5oc5ccccc56)c4c3)cc2)cc1. The Labute approximate surface area is 366 Å². The minimum absolute atomic E-state index is 0.892. The molecular weight excluding hydrogens is 765 g/mol. The van der Waals surface area contributed by atoms with Crippen LogP contribution in [0, 0.1) is 0 Å². The molecule has 0 aliphatic heterocycles. The summed E-state index contributed by atoms with van der Waals surface area (Å²) < 4.78 is 9.07. The van der Waals surface area contributed by atoms with Crippen molar-refractivity contribution in [3.05, 3.63) is 243 Å². The topological polar surface area (TPSA) is 21.3 Å². The number of para-hydroxylation sites is 4. The summed E-state index contributed by atoms with van der Waals surface area (Å²) in [6.45, 7) is 0. The highest BCUT2D eigenvalue weighted by molar-refractivity contribution is 6.13. The standard InChI is InChI=1S/C60H40N2O/c1-4-17-41(18-5-1)42-31-33-45(34-32-42)61(46-35-37-48(43-19-6-2-7-20-43)55(39-46)44-21-8-3-9-22-44)47-36-38-51-49-23-10-13-28-56(49)62(58(51)40-47)57-29-14-11-24-50(57)53-26-16-27-54-52-25-12-15-30-59(52)63-60(53)54/h1-40H. The van der Waals surface area contributed by atoms with Gasteiger partial charge in [0, 0.05) is 49.7 Å². The molecule has 0 atom stereocenters. The smallest absolute Gasteiger partial charge is 0.143 e. The van der Waals surface area contributed by atoms with Crippen molar-refractivity contribution in [1.82, 2.24) is 4.57 Å². The van der Waals surface area contributed by atoms with Gasteiger partial charge in [0.15, 0.2) is 0 Å². The summed E-state index contributed by atoms with van der Waals surface area (Å²) in [5.74, 6) is 0. The van der Waals surface area contributed by atoms with Crippen LogP contribution >= 0.6 is 0 Å². The molecule has 0 radical (unpaired) electrons. The molecule has 63 heavy (non-hydrogen) atoms. The van der Waals surface area contributed by atoms with Crippen molar-refractivity contribution < 1.29 is 4.42 Å². The van der Waals surface area contributed by atoms with Crippen LogP contribution in [0.3, 0.4) is 0 Å². The van der Waals surface area contributed by atoms with Gasteiger partial charge < -0.3 is 13.9 Å². The van der Waals surface area contributed by atoms with Gasteiger partial charge in [-0.2, -0.15) is 0 Å². The van der Waals surface area contributed by atoms with Gasteiger partial charge >= 0.3 is 0 Å². The van der Waals surface area contributed by atoms with Gasteiger partial charge in [-0.1, -0.05) is 188 Å². The normalized spacial score (nSPS) is 11.5. The highest BCUT2D eigenvalue weighted by atomic mass is 16.3. The van der Waals surface area contributed by atoms with Crippen LogP contribution in [0.15, 0.2) is 247 Å². The molecule has 0 unspecified atom stereocenters. The molecule has 0 aliphatic carbocycles. The Kier molecular flexibility index (Phi) is 8.83. The van der Waals surface area contributed by atoms with Crippen molar-refractivity contribution in [2.45, 2.75) is 0 Å². The van der Waals surface area contributed by atoms with Crippen LogP contribution in [-0.4, -0.2) is 4.57 Å². The van der Waals surface area contributed by atoms with E-state index in [-0.39, 0.29) is 0 Å². The Morgan fingerprint density at radius 1 is 0.302 bits per heavy atom. The highest BCUT2D eigenvalue weighted by Crippen LogP contribution is 2.45. The molecular formula is C60H40N2O. The van der Waals surface area contributed by atoms with E-state index >= 15 is 0 Å². The summed E-state index contributed by atoms with van der Waals surface area (Å²) in [7, 11) is 0. The zero-order valence-corrected chi connectivity index (χ0v) is 34.4. The van der Waals surface area contributed by atoms with Crippen LogP contribution in [0.1, 0.15) is 0 Å². The number of hydrogen-bond donors (Lipinski definition) is 0. The molecule has 0 aliphatic rings. The highest BCUT2D eigenvalue weighted by Gasteiger charge is 2.22. The van der Waals surface area contributed by atoms with E-state index in [0.717, 1.165) is 66.8 Å². The Morgan fingerprint density at radius 2 is 0.841 bits per heavy atom. The molecule has 12 rings (SSSR count). The maximum atomic E-state index is 6.63. The number of nitrogens with zero attached hydrogens (tertiary/aromatic N) is 2. The third-order valence-corrected chi connectivity index (χ3v) is 12.4. The van der Waals surface area contributed by atoms with Crippen molar-refractivity contribution in [3.63, 3.8) is 0 Å². The lowest BCUT2D eigenvalue weighted by atomic mass is 9.93. The van der Waals surface area contributed by atoms with Gasteiger partial charge in [0.05, 0.1) is 16.7 Å². The van der Waals surface area contributed by atoms with Gasteiger partial charge in [0.25, 0.3) is 0 Å². The lowest BCUT2D eigenvalue weighted by molar-refractivity contribution is 0.670. The summed E-state index contributed by atoms with van der Waals surface area (Å²) in [5, 5.41) is 4.63. The molecule has 3 nitrogen and oxygen atoms in total. The van der Waals surface area contributed by atoms with Crippen molar-refractivity contribution in [2.24, 2.45) is 0 Å². The first-order valence-electron chi connectivity index (χ1n) is 21.5. The van der Waals surface area contributed by atoms with Crippen molar-refractivity contribution in [3.8, 4) is 50.2 Å². The first-order chi connectivity index (χ1) is 31.3. The molecule has 10 aromatic carbocycles. The number of anilines is 3. The van der Waals surface area contributed by atoms with Crippen LogP contribution < -0.4 is 4.90 Å². The second-order valence-corrected chi connectivity index (χ2v) is 16.1. The molecule has 2 heterocycles. The summed E-state index contributed by atoms with van der Waals surface area (Å²) in [6.07, 6.45) is 0. The summed E-state index contributed by atoms with van der Waals surface area (Å²) >= 11 is 0. The average molecular weight is 805 g/mol. The van der Waals surface area contributed by atoms with Gasteiger partial charge in [-0.15, -0.1) is 0 Å². The van der Waals surface area contributed by atoms with Crippen molar-refractivity contribution in [2.75, 3.05) is 4.90 Å². The van der Waals surface area contributed by atoms with Crippen LogP contribution in [0.2, 0.25) is 0 Å². The zero-order valence-electron chi connectivity index (χ0n) is 34.4. The molecule has 0 spiro atoms. The van der Waals surface area contributed by atoms with Gasteiger partial charge in [-0.05, 0) is 88.0 Å². The molecule has 0 N–H and O–H groups in total. The fourth-order valence-corrected chi connectivity index (χ4v) is 9.49. The fourth-order valence-electron chi connectivity index (χ4n) is 9.49. The predicted octanol–water partition coefficient (Wildman–Crippen LogP) is 16.8. The quantitative estimate of drug-likeness (QED) is 0.153. The molecule has 0 amide bonds. The molecule has 0 saturated heterocycles. The second-order valence-electron chi connectivity index (χ2n) is 16.1. The second kappa shape index (κ2) is 15.3. The summed E-state index contributed by atoms with van der Waals surface area (Å²) in [6, 6.07) is 87.1. The lowest BCUT2D eigenvalue weighted by Crippen LogP contribution is -2.10. The zero-order chi connectivity index (χ0) is 41.7. The van der Waals surface area contributed by atoms with E-state index in [1.165, 1.54) is 44.2 Å². The summed E-state index contributed by atoms with van der Waals surface area (Å²) in [5.41, 5.74) is 17.6. The van der Waals surface area contributed by atoms with Crippen LogP contribution in [-0.2, 0) is 0 Å². The minimum atomic E-state index is 0.892. The number of hydrogen-bond acceptors (Lipinski definition) is 2. The number of fused-ring (bicyclic) bond motifs is 6. The number of rotatable bonds is 8. The van der Waals surface area contributed by atoms with E-state index < -0.39 is 0 Å². The van der Waals surface area contributed by atoms with Crippen molar-refractivity contribution >= 4 is 60.8 Å². The molecule has 3 heteroatoms. The van der Waals surface area contributed by atoms with E-state index in [0.29, 0.717) is 0 Å². The molecule has 2 aromatic heterocycles. The van der Waals surface area contributed by atoms with Gasteiger partial charge in [0.1, 0.15) is 11.2 Å². The van der Waals surface area contributed by atoms with Crippen LogP contribution in [0.5, 0.6) is 0 Å². The first kappa shape index (κ1) is 36.5. The largest absolute Gasteiger partial charge is 0.455 e. The molecule has 12 aromatic rings. The average Bonchev–Trinajstić information content (AvgIpc) is 3.91. The lowest BCUT2D eigenvalue weighted by Gasteiger charge is -2.27. The maximum absolute atomic E-state index is 6.63. The maximum Gasteiger partial charge on any atom is 0.143 e. The van der Waals surface area contributed by atoms with Gasteiger partial charge in [-0.25, -0.2) is 0 Å². The van der Waals surface area contributed by atoms with E-state index in [2.05, 4.69) is 246 Å². The minimum Gasteiger partial charge on any atom is -0.455 e. The Hall–Kier alpha value is -8.40. The van der Waals surface area contributed by atoms with Crippen LogP contribution in [0.4, 0.5) is 17.1 Å². The molecule has 0 saturated carbocycles. The van der Waals surface area contributed by atoms with Crippen LogP contribution in [0.25, 0.3) is 93.9 Å². The molecule has 0 fully saturated rings. The predicted molar refractivity (Wildman–Crippen MR) is 264 cm³/mol. The number of benzene rings is 10. The van der Waals surface area contributed by atoms with E-state index in [9.17, 15) is 0 Å². The third kappa shape index (κ3) is 6.29. The Bertz CT molecular complexity index is 3600. The van der Waals surface area contributed by atoms with Gasteiger partial charge in [0.2, 0.25) is 0 Å². The first-order valence-corrected chi connectivity index (χ1v) is 21.5. The molecule has 296 valence electrons. The summed E-state index contributed by atoms with van der Waals surface area (Å²) in [4.78, 5) is 2.40. The van der Waals surface area contributed by atoms with E-state index in [4.69, 9.17) is 4.42 Å².